The van der Waals surface area contributed by atoms with E-state index in [0.717, 1.165) is 122 Å². The maximum absolute atomic E-state index is 12.9. The number of rotatable bonds is 79. The number of nitrogens with zero attached hydrogens (tertiary/aromatic N) is 1. The molecule has 0 fully saturated rings. The molecular weight excluding hydrogens is 1280 g/mol. The molecule has 10 heteroatoms. The molecule has 9 nitrogen and oxygen atoms in total. The summed E-state index contributed by atoms with van der Waals surface area (Å²) in [5.74, 6) is -0.849. The van der Waals surface area contributed by atoms with E-state index in [1.165, 1.54) is 231 Å². The summed E-state index contributed by atoms with van der Waals surface area (Å²) < 4.78 is 34.4. The Morgan fingerprint density at radius 2 is 0.559 bits per heavy atom. The van der Waals surface area contributed by atoms with Crippen LogP contribution in [0.25, 0.3) is 0 Å². The molecule has 0 aliphatic heterocycles. The highest BCUT2D eigenvalue weighted by Crippen LogP contribution is 2.38. The summed E-state index contributed by atoms with van der Waals surface area (Å²) in [6.45, 7) is 4.14. The Morgan fingerprint density at radius 3 is 0.833 bits per heavy atom. The van der Waals surface area contributed by atoms with Crippen molar-refractivity contribution in [2.45, 2.75) is 392 Å². The van der Waals surface area contributed by atoms with Gasteiger partial charge in [-0.05, 0) is 96.3 Å². The van der Waals surface area contributed by atoms with Crippen LogP contribution in [0.4, 0.5) is 0 Å². The zero-order valence-corrected chi connectivity index (χ0v) is 68.2. The van der Waals surface area contributed by atoms with Crippen LogP contribution in [0.3, 0.4) is 0 Å². The normalized spacial score (nSPS) is 13.7. The van der Waals surface area contributed by atoms with Crippen LogP contribution < -0.4 is 4.89 Å². The molecule has 0 saturated carbocycles. The van der Waals surface area contributed by atoms with Gasteiger partial charge in [0.2, 0.25) is 0 Å². The lowest BCUT2D eigenvalue weighted by molar-refractivity contribution is -0.870. The van der Waals surface area contributed by atoms with Gasteiger partial charge in [0.25, 0.3) is 7.82 Å². The van der Waals surface area contributed by atoms with Crippen LogP contribution in [0.15, 0.2) is 134 Å². The second-order valence-corrected chi connectivity index (χ2v) is 31.2. The smallest absolute Gasteiger partial charge is 0.306 e. The summed E-state index contributed by atoms with van der Waals surface area (Å²) in [4.78, 5) is 38.2. The third kappa shape index (κ3) is 85.1. The van der Waals surface area contributed by atoms with E-state index in [4.69, 9.17) is 18.5 Å². The topological polar surface area (TPSA) is 111 Å². The Bertz CT molecular complexity index is 2190. The van der Waals surface area contributed by atoms with Gasteiger partial charge in [-0.25, -0.2) is 0 Å². The van der Waals surface area contributed by atoms with Crippen molar-refractivity contribution >= 4 is 19.8 Å². The van der Waals surface area contributed by atoms with Crippen LogP contribution in [0, 0.1) is 0 Å². The minimum absolute atomic E-state index is 0.0397. The van der Waals surface area contributed by atoms with Crippen molar-refractivity contribution in [1.29, 1.82) is 0 Å². The zero-order chi connectivity index (χ0) is 74.0. The van der Waals surface area contributed by atoms with E-state index in [-0.39, 0.29) is 32.0 Å². The summed E-state index contributed by atoms with van der Waals surface area (Å²) in [6, 6.07) is 0. The van der Waals surface area contributed by atoms with Crippen LogP contribution in [-0.4, -0.2) is 70.0 Å². The molecule has 0 spiro atoms. The van der Waals surface area contributed by atoms with Gasteiger partial charge >= 0.3 is 11.9 Å². The van der Waals surface area contributed by atoms with Crippen LogP contribution >= 0.6 is 7.82 Å². The first-order valence-corrected chi connectivity index (χ1v) is 44.4. The first kappa shape index (κ1) is 98.2. The van der Waals surface area contributed by atoms with E-state index in [1.54, 1.807) is 0 Å². The summed E-state index contributed by atoms with van der Waals surface area (Å²) in [7, 11) is 1.15. The molecule has 0 amide bonds. The van der Waals surface area contributed by atoms with E-state index in [2.05, 4.69) is 148 Å². The number of phosphoric acid groups is 1. The molecule has 0 N–H and O–H groups in total. The highest BCUT2D eigenvalue weighted by atomic mass is 31.2. The summed E-state index contributed by atoms with van der Waals surface area (Å²) in [6.07, 6.45) is 119. The van der Waals surface area contributed by atoms with E-state index in [9.17, 15) is 19.0 Å². The minimum Gasteiger partial charge on any atom is -0.756 e. The van der Waals surface area contributed by atoms with Crippen molar-refractivity contribution in [1.82, 2.24) is 0 Å². The van der Waals surface area contributed by atoms with Gasteiger partial charge in [0.05, 0.1) is 27.7 Å². The highest BCUT2D eigenvalue weighted by molar-refractivity contribution is 7.45. The van der Waals surface area contributed by atoms with Gasteiger partial charge in [0.15, 0.2) is 6.10 Å². The average Bonchev–Trinajstić information content (AvgIpc) is 0.914. The molecule has 0 bridgehead atoms. The van der Waals surface area contributed by atoms with Crippen molar-refractivity contribution in [3.63, 3.8) is 0 Å². The first-order chi connectivity index (χ1) is 50.0. The maximum atomic E-state index is 12.9. The molecule has 0 aromatic rings. The van der Waals surface area contributed by atoms with Gasteiger partial charge in [0.1, 0.15) is 19.8 Å². The molecule has 0 aliphatic carbocycles. The van der Waals surface area contributed by atoms with Crippen molar-refractivity contribution < 1.29 is 42.1 Å². The average molecular weight is 1440 g/mol. The molecule has 0 rings (SSSR count). The van der Waals surface area contributed by atoms with Crippen LogP contribution in [0.5, 0.6) is 0 Å². The molecule has 0 radical (unpaired) electrons. The quantitative estimate of drug-likeness (QED) is 0.0195. The largest absolute Gasteiger partial charge is 0.756 e. The molecule has 588 valence electrons. The van der Waals surface area contributed by atoms with E-state index in [1.807, 2.05) is 21.1 Å². The number of hydrogen-bond acceptors (Lipinski definition) is 8. The van der Waals surface area contributed by atoms with E-state index in [0.29, 0.717) is 17.4 Å². The van der Waals surface area contributed by atoms with Crippen molar-refractivity contribution in [3.05, 3.63) is 134 Å². The number of likely N-dealkylation sites (N-methyl/N-ethyl adjacent to an activating group) is 1. The van der Waals surface area contributed by atoms with Gasteiger partial charge in [-0.3, -0.25) is 14.2 Å². The molecule has 0 saturated heterocycles. The molecule has 0 aliphatic rings. The fourth-order valence-corrected chi connectivity index (χ4v) is 12.9. The number of hydrogen-bond donors (Lipinski definition) is 0. The molecular formula is C92H162NO8P. The Morgan fingerprint density at radius 1 is 0.314 bits per heavy atom. The number of carbonyl (C=O) groups excluding carboxylic acids is 2. The Kier molecular flexibility index (Phi) is 78.2. The minimum atomic E-state index is -4.66. The second kappa shape index (κ2) is 81.2. The van der Waals surface area contributed by atoms with Gasteiger partial charge in [-0.2, -0.15) is 0 Å². The number of carbonyl (C=O) groups is 2. The SMILES string of the molecule is CC/C=C\C/C=C\C/C=C\C/C=C\C/C=C\C/C=C\C/C=C\C/C=C\C/C=C\C/C=C\C/C=C\CCCCCCCC(=O)OC(COC(=O)CCCCCCCCCCCCCCCCCCCCCCCCCCCCCCCCCCCCCCCCC)COP(=O)([O-])OCC[N+](C)(C)C. The summed E-state index contributed by atoms with van der Waals surface area (Å²) in [5.41, 5.74) is 0. The van der Waals surface area contributed by atoms with Crippen LogP contribution in [-0.2, 0) is 32.7 Å². The lowest BCUT2D eigenvalue weighted by Crippen LogP contribution is -2.37. The molecule has 0 heterocycles. The number of quaternary nitrogens is 1. The monoisotopic (exact) mass is 1440 g/mol. The Hall–Kier alpha value is -3.85. The highest BCUT2D eigenvalue weighted by Gasteiger charge is 2.22. The fourth-order valence-electron chi connectivity index (χ4n) is 12.2. The van der Waals surface area contributed by atoms with E-state index >= 15 is 0 Å². The first-order valence-electron chi connectivity index (χ1n) is 42.9. The maximum Gasteiger partial charge on any atom is 0.306 e. The summed E-state index contributed by atoms with van der Waals surface area (Å²) in [5, 5.41) is 0. The van der Waals surface area contributed by atoms with Gasteiger partial charge in [0, 0.05) is 12.8 Å². The van der Waals surface area contributed by atoms with Gasteiger partial charge in [-0.15, -0.1) is 0 Å². The number of allylic oxidation sites excluding steroid dienone is 22. The predicted octanol–water partition coefficient (Wildman–Crippen LogP) is 28.4. The molecule has 2 atom stereocenters. The lowest BCUT2D eigenvalue weighted by atomic mass is 10.0. The molecule has 102 heavy (non-hydrogen) atoms. The number of esters is 2. The third-order valence-corrected chi connectivity index (χ3v) is 19.6. The van der Waals surface area contributed by atoms with E-state index < -0.39 is 26.5 Å². The van der Waals surface area contributed by atoms with Gasteiger partial charge in [-0.1, -0.05) is 411 Å². The standard InChI is InChI=1S/C92H162NO8P/c1-6-8-10-12-14-16-18-20-22-24-26-28-30-32-34-36-38-40-42-44-46-48-50-52-54-56-58-60-62-64-66-68-70-72-74-76-78-80-82-84-91(94)98-88-90(89-100-102(96,97)99-87-86-93(3,4)5)101-92(95)85-83-81-79-77-75-73-71-69-67-65-63-61-59-57-55-53-51-49-47-45-43-41-39-37-35-33-31-29-27-25-23-21-19-17-15-13-11-9-7-2/h9,11,15,17,21,23,27,29,33,35,39,41,45,47,51,53,57,59,63,65,69,71,90H,6-8,10,12-14,16,18-20,22,24-26,28,30-32,34,36-38,40,42-44,46,48-50,52,54-56,58,60-62,64,66-68,70,72-89H2,1-5H3/b11-9-,17-15-,23-21-,29-27-,35-33-,41-39-,47-45-,53-51-,59-57-,65-63-,71-69-. The lowest BCUT2D eigenvalue weighted by Gasteiger charge is -2.28. The second-order valence-electron chi connectivity index (χ2n) is 29.8. The Labute approximate surface area is 631 Å². The number of phosphoric ester groups is 1. The summed E-state index contributed by atoms with van der Waals surface area (Å²) >= 11 is 0. The number of unbranched alkanes of at least 4 members (excludes halogenated alkanes) is 43. The van der Waals surface area contributed by atoms with Gasteiger partial charge < -0.3 is 27.9 Å². The molecule has 2 unspecified atom stereocenters. The zero-order valence-electron chi connectivity index (χ0n) is 67.3. The predicted molar refractivity (Wildman–Crippen MR) is 443 cm³/mol. The third-order valence-electron chi connectivity index (χ3n) is 18.7. The van der Waals surface area contributed by atoms with Crippen molar-refractivity contribution in [2.24, 2.45) is 0 Å². The number of ether oxygens (including phenoxy) is 2. The van der Waals surface area contributed by atoms with Crippen LogP contribution in [0.2, 0.25) is 0 Å². The fraction of sp³-hybridized carbons (Fsp3) is 0.739. The van der Waals surface area contributed by atoms with Crippen molar-refractivity contribution in [3.8, 4) is 0 Å². The van der Waals surface area contributed by atoms with Crippen LogP contribution in [0.1, 0.15) is 386 Å². The molecule has 0 aromatic heterocycles. The van der Waals surface area contributed by atoms with Crippen molar-refractivity contribution in [2.75, 3.05) is 47.5 Å². The molecule has 0 aromatic carbocycles. The Balaban J connectivity index is 4.00.